The van der Waals surface area contributed by atoms with E-state index in [1.54, 1.807) is 29.2 Å². The van der Waals surface area contributed by atoms with Gasteiger partial charge in [-0.15, -0.1) is 0 Å². The predicted octanol–water partition coefficient (Wildman–Crippen LogP) is 4.05. The van der Waals surface area contributed by atoms with E-state index in [4.69, 9.17) is 0 Å². The summed E-state index contributed by atoms with van der Waals surface area (Å²) < 4.78 is 14.1. The first kappa shape index (κ1) is 22.8. The number of nitrogens with one attached hydrogen (secondary N) is 1. The van der Waals surface area contributed by atoms with Crippen LogP contribution in [0, 0.1) is 11.7 Å². The summed E-state index contributed by atoms with van der Waals surface area (Å²) in [6, 6.07) is 13.6. The van der Waals surface area contributed by atoms with Crippen LogP contribution in [0.4, 0.5) is 10.1 Å². The first-order valence-corrected chi connectivity index (χ1v) is 11.0. The molecule has 2 aromatic carbocycles. The van der Waals surface area contributed by atoms with Crippen LogP contribution in [0.2, 0.25) is 0 Å². The van der Waals surface area contributed by atoms with Crippen molar-refractivity contribution in [2.24, 2.45) is 5.92 Å². The highest BCUT2D eigenvalue weighted by Gasteiger charge is 2.31. The van der Waals surface area contributed by atoms with Crippen molar-refractivity contribution in [3.05, 3.63) is 65.5 Å². The molecule has 1 fully saturated rings. The van der Waals surface area contributed by atoms with Gasteiger partial charge in [-0.05, 0) is 41.7 Å². The molecule has 2 aromatic rings. The van der Waals surface area contributed by atoms with E-state index in [0.29, 0.717) is 43.3 Å². The molecular formula is C25H32FN3O2. The summed E-state index contributed by atoms with van der Waals surface area (Å²) in [4.78, 5) is 29.7. The second kappa shape index (κ2) is 9.94. The van der Waals surface area contributed by atoms with Crippen LogP contribution in [0.15, 0.2) is 48.5 Å². The van der Waals surface area contributed by atoms with Gasteiger partial charge in [-0.3, -0.25) is 9.59 Å². The number of halogens is 1. The largest absolute Gasteiger partial charge is 0.366 e. The van der Waals surface area contributed by atoms with Gasteiger partial charge in [-0.2, -0.15) is 0 Å². The second-order valence-corrected chi connectivity index (χ2v) is 8.74. The summed E-state index contributed by atoms with van der Waals surface area (Å²) in [5, 5.41) is 2.93. The number of para-hydroxylation sites is 1. The highest BCUT2D eigenvalue weighted by atomic mass is 19.1. The zero-order valence-electron chi connectivity index (χ0n) is 18.8. The monoisotopic (exact) mass is 425 g/mol. The molecule has 1 aliphatic rings. The third kappa shape index (κ3) is 5.43. The lowest BCUT2D eigenvalue weighted by Gasteiger charge is -2.38. The molecule has 0 bridgehead atoms. The van der Waals surface area contributed by atoms with Gasteiger partial charge in [0.2, 0.25) is 5.91 Å². The van der Waals surface area contributed by atoms with Gasteiger partial charge in [0.05, 0.1) is 5.69 Å². The van der Waals surface area contributed by atoms with E-state index in [0.717, 1.165) is 0 Å². The number of hydrogen-bond acceptors (Lipinski definition) is 3. The van der Waals surface area contributed by atoms with Crippen molar-refractivity contribution in [2.75, 3.05) is 31.1 Å². The lowest BCUT2D eigenvalue weighted by Crippen LogP contribution is -2.56. The number of amides is 2. The minimum Gasteiger partial charge on any atom is -0.366 e. The summed E-state index contributed by atoms with van der Waals surface area (Å²) in [5.74, 6) is -0.234. The van der Waals surface area contributed by atoms with Crippen molar-refractivity contribution < 1.29 is 14.0 Å². The first-order chi connectivity index (χ1) is 14.8. The average Bonchev–Trinajstić information content (AvgIpc) is 2.77. The van der Waals surface area contributed by atoms with E-state index in [2.05, 4.69) is 19.2 Å². The fraction of sp³-hybridized carbons (Fsp3) is 0.440. The zero-order valence-corrected chi connectivity index (χ0v) is 18.8. The summed E-state index contributed by atoms with van der Waals surface area (Å²) in [6.45, 7) is 10.2. The van der Waals surface area contributed by atoms with E-state index in [1.807, 2.05) is 36.9 Å². The number of nitrogens with zero attached hydrogens (tertiary/aromatic N) is 2. The summed E-state index contributed by atoms with van der Waals surface area (Å²) >= 11 is 0. The Balaban J connectivity index is 1.63. The van der Waals surface area contributed by atoms with Crippen molar-refractivity contribution in [3.63, 3.8) is 0 Å². The molecule has 0 aliphatic carbocycles. The maximum Gasteiger partial charge on any atom is 0.251 e. The molecule has 0 aromatic heterocycles. The number of hydrogen-bond donors (Lipinski definition) is 1. The summed E-state index contributed by atoms with van der Waals surface area (Å²) in [6.07, 6.45) is 0. The van der Waals surface area contributed by atoms with Gasteiger partial charge in [0.1, 0.15) is 11.9 Å². The number of carbonyl (C=O) groups excluding carboxylic acids is 2. The van der Waals surface area contributed by atoms with Crippen molar-refractivity contribution in [2.45, 2.75) is 39.7 Å². The van der Waals surface area contributed by atoms with E-state index >= 15 is 0 Å². The Labute approximate surface area is 184 Å². The zero-order chi connectivity index (χ0) is 22.5. The minimum atomic E-state index is -0.600. The third-order valence-corrected chi connectivity index (χ3v) is 5.84. The summed E-state index contributed by atoms with van der Waals surface area (Å²) in [5.41, 5.74) is 2.28. The Morgan fingerprint density at radius 2 is 1.52 bits per heavy atom. The molecule has 1 heterocycles. The van der Waals surface area contributed by atoms with E-state index < -0.39 is 6.04 Å². The molecule has 1 atom stereocenters. The van der Waals surface area contributed by atoms with E-state index in [1.165, 1.54) is 11.6 Å². The smallest absolute Gasteiger partial charge is 0.251 e. The quantitative estimate of drug-likeness (QED) is 0.760. The van der Waals surface area contributed by atoms with Crippen LogP contribution >= 0.6 is 0 Å². The van der Waals surface area contributed by atoms with Crippen LogP contribution in [0.5, 0.6) is 0 Å². The van der Waals surface area contributed by atoms with Crippen LogP contribution in [-0.4, -0.2) is 48.9 Å². The number of benzene rings is 2. The number of anilines is 1. The number of rotatable bonds is 6. The van der Waals surface area contributed by atoms with Gasteiger partial charge in [-0.25, -0.2) is 4.39 Å². The Hall–Kier alpha value is -2.89. The van der Waals surface area contributed by atoms with Crippen molar-refractivity contribution in [1.29, 1.82) is 0 Å². The van der Waals surface area contributed by atoms with E-state index in [9.17, 15) is 14.0 Å². The van der Waals surface area contributed by atoms with Gasteiger partial charge in [0.25, 0.3) is 5.91 Å². The first-order valence-electron chi connectivity index (χ1n) is 11.0. The van der Waals surface area contributed by atoms with Gasteiger partial charge in [0.15, 0.2) is 0 Å². The van der Waals surface area contributed by atoms with Crippen molar-refractivity contribution in [1.82, 2.24) is 10.2 Å². The van der Waals surface area contributed by atoms with Crippen molar-refractivity contribution in [3.8, 4) is 0 Å². The molecule has 6 heteroatoms. The molecule has 3 rings (SSSR count). The van der Waals surface area contributed by atoms with Gasteiger partial charge >= 0.3 is 0 Å². The molecule has 0 radical (unpaired) electrons. The SMILES string of the molecule is CC(C)c1ccc(C(=O)NC(C(=O)N2CCN(c3ccccc3F)CC2)C(C)C)cc1. The van der Waals surface area contributed by atoms with Crippen LogP contribution < -0.4 is 10.2 Å². The third-order valence-electron chi connectivity index (χ3n) is 5.84. The lowest BCUT2D eigenvalue weighted by molar-refractivity contribution is -0.134. The summed E-state index contributed by atoms with van der Waals surface area (Å²) in [7, 11) is 0. The topological polar surface area (TPSA) is 52.7 Å². The van der Waals surface area contributed by atoms with Gasteiger partial charge in [-0.1, -0.05) is 52.0 Å². The Kier molecular flexibility index (Phi) is 7.31. The Morgan fingerprint density at radius 1 is 0.903 bits per heavy atom. The Morgan fingerprint density at radius 3 is 2.06 bits per heavy atom. The molecule has 1 N–H and O–H groups in total. The predicted molar refractivity (Wildman–Crippen MR) is 122 cm³/mol. The molecule has 1 unspecified atom stereocenters. The fourth-order valence-corrected chi connectivity index (χ4v) is 3.83. The van der Waals surface area contributed by atoms with E-state index in [-0.39, 0.29) is 23.5 Å². The Bertz CT molecular complexity index is 903. The standard InChI is InChI=1S/C25H32FN3O2/c1-17(2)19-9-11-20(12-10-19)24(30)27-23(18(3)4)25(31)29-15-13-28(14-16-29)22-8-6-5-7-21(22)26/h5-12,17-18,23H,13-16H2,1-4H3,(H,27,30). The molecule has 31 heavy (non-hydrogen) atoms. The molecule has 2 amide bonds. The maximum absolute atomic E-state index is 14.1. The highest BCUT2D eigenvalue weighted by molar-refractivity contribution is 5.97. The average molecular weight is 426 g/mol. The maximum atomic E-state index is 14.1. The molecular weight excluding hydrogens is 393 g/mol. The van der Waals surface area contributed by atoms with Gasteiger partial charge < -0.3 is 15.1 Å². The fourth-order valence-electron chi connectivity index (χ4n) is 3.83. The lowest BCUT2D eigenvalue weighted by atomic mass is 10.00. The molecule has 0 spiro atoms. The van der Waals surface area contributed by atoms with Crippen LogP contribution in [0.25, 0.3) is 0 Å². The minimum absolute atomic E-state index is 0.0454. The van der Waals surface area contributed by atoms with Crippen LogP contribution in [0.1, 0.15) is 49.5 Å². The van der Waals surface area contributed by atoms with Crippen LogP contribution in [0.3, 0.4) is 0 Å². The molecule has 5 nitrogen and oxygen atoms in total. The van der Waals surface area contributed by atoms with Gasteiger partial charge in [0, 0.05) is 31.7 Å². The van der Waals surface area contributed by atoms with Crippen molar-refractivity contribution >= 4 is 17.5 Å². The number of carbonyl (C=O) groups is 2. The second-order valence-electron chi connectivity index (χ2n) is 8.74. The number of piperazine rings is 1. The molecule has 0 saturated carbocycles. The van der Waals surface area contributed by atoms with Crippen LogP contribution in [-0.2, 0) is 4.79 Å². The highest BCUT2D eigenvalue weighted by Crippen LogP contribution is 2.21. The molecule has 1 saturated heterocycles. The normalized spacial score (nSPS) is 15.3. The molecule has 166 valence electrons. The molecule has 1 aliphatic heterocycles.